The molecule has 0 spiro atoms. The minimum absolute atomic E-state index is 0.0793. The topological polar surface area (TPSA) is 17.1 Å². The molecule has 1 aliphatic carbocycles. The quantitative estimate of drug-likeness (QED) is 0.745. The van der Waals surface area contributed by atoms with Crippen LogP contribution in [0, 0.1) is 11.7 Å². The summed E-state index contributed by atoms with van der Waals surface area (Å²) >= 11 is 3.26. The maximum atomic E-state index is 13.4. The van der Waals surface area contributed by atoms with Crippen molar-refractivity contribution in [2.24, 2.45) is 5.92 Å². The van der Waals surface area contributed by atoms with Gasteiger partial charge >= 0.3 is 0 Å². The highest BCUT2D eigenvalue weighted by Gasteiger charge is 2.22. The Morgan fingerprint density at radius 2 is 2.12 bits per heavy atom. The molecule has 1 aromatic rings. The largest absolute Gasteiger partial charge is 0.299 e. The molecule has 0 N–H and O–H groups in total. The molecule has 1 unspecified atom stereocenters. The summed E-state index contributed by atoms with van der Waals surface area (Å²) in [4.78, 5) is 11.9. The maximum Gasteiger partial charge on any atom is 0.137 e. The van der Waals surface area contributed by atoms with E-state index in [1.54, 1.807) is 6.07 Å². The van der Waals surface area contributed by atoms with Crippen molar-refractivity contribution >= 4 is 21.7 Å². The van der Waals surface area contributed by atoms with Crippen molar-refractivity contribution in [2.45, 2.75) is 38.5 Å². The number of benzene rings is 1. The minimum atomic E-state index is -0.247. The molecule has 1 aromatic carbocycles. The van der Waals surface area contributed by atoms with Gasteiger partial charge in [0.25, 0.3) is 0 Å². The summed E-state index contributed by atoms with van der Waals surface area (Å²) in [5.74, 6) is 0.179. The van der Waals surface area contributed by atoms with Crippen LogP contribution >= 0.6 is 15.9 Å². The van der Waals surface area contributed by atoms with Gasteiger partial charge in [0.1, 0.15) is 11.6 Å². The lowest BCUT2D eigenvalue weighted by atomic mass is 9.91. The minimum Gasteiger partial charge on any atom is -0.299 e. The molecule has 0 radical (unpaired) electrons. The van der Waals surface area contributed by atoms with Crippen molar-refractivity contribution in [1.29, 1.82) is 0 Å². The average molecular weight is 299 g/mol. The number of halogens is 2. The molecule has 0 amide bonds. The van der Waals surface area contributed by atoms with Crippen LogP contribution in [-0.4, -0.2) is 5.78 Å². The maximum absolute atomic E-state index is 13.4. The third kappa shape index (κ3) is 3.15. The Kier molecular flexibility index (Phi) is 4.32. The lowest BCUT2D eigenvalue weighted by Crippen LogP contribution is -2.15. The summed E-state index contributed by atoms with van der Waals surface area (Å²) < 4.78 is 13.9. The van der Waals surface area contributed by atoms with Gasteiger partial charge in [0.15, 0.2) is 0 Å². The predicted octanol–water partition coefficient (Wildman–Crippen LogP) is 4.28. The van der Waals surface area contributed by atoms with Gasteiger partial charge in [-0.3, -0.25) is 4.79 Å². The van der Waals surface area contributed by atoms with Gasteiger partial charge < -0.3 is 0 Å². The van der Waals surface area contributed by atoms with E-state index >= 15 is 0 Å². The second kappa shape index (κ2) is 5.76. The van der Waals surface area contributed by atoms with Gasteiger partial charge in [-0.2, -0.15) is 0 Å². The van der Waals surface area contributed by atoms with E-state index in [1.807, 2.05) is 6.07 Å². The molecule has 0 aliphatic heterocycles. The molecule has 0 aromatic heterocycles. The van der Waals surface area contributed by atoms with Crippen molar-refractivity contribution in [3.05, 3.63) is 34.1 Å². The molecule has 1 aliphatic rings. The van der Waals surface area contributed by atoms with Gasteiger partial charge in [-0.15, -0.1) is 0 Å². The number of carbonyl (C=O) groups excluding carboxylic acids is 1. The Labute approximate surface area is 110 Å². The van der Waals surface area contributed by atoms with E-state index in [4.69, 9.17) is 0 Å². The van der Waals surface area contributed by atoms with Crippen molar-refractivity contribution in [3.63, 3.8) is 0 Å². The third-order valence-corrected chi connectivity index (χ3v) is 4.32. The van der Waals surface area contributed by atoms with Crippen molar-refractivity contribution in [3.8, 4) is 0 Å². The van der Waals surface area contributed by atoms with Crippen molar-refractivity contribution in [2.75, 3.05) is 0 Å². The molecule has 1 nitrogen and oxygen atoms in total. The Morgan fingerprint density at radius 3 is 2.94 bits per heavy atom. The number of ketones is 1. The molecule has 3 heteroatoms. The fraction of sp³-hybridized carbons (Fsp3) is 0.500. The first-order valence-corrected chi connectivity index (χ1v) is 6.93. The summed E-state index contributed by atoms with van der Waals surface area (Å²) in [5.41, 5.74) is 0.908. The van der Waals surface area contributed by atoms with E-state index in [2.05, 4.69) is 15.9 Å². The lowest BCUT2D eigenvalue weighted by Gasteiger charge is -2.14. The highest BCUT2D eigenvalue weighted by atomic mass is 79.9. The Morgan fingerprint density at radius 1 is 1.29 bits per heavy atom. The van der Waals surface area contributed by atoms with E-state index < -0.39 is 0 Å². The first kappa shape index (κ1) is 12.7. The van der Waals surface area contributed by atoms with Crippen LogP contribution < -0.4 is 0 Å². The number of carbonyl (C=O) groups is 1. The summed E-state index contributed by atoms with van der Waals surface area (Å²) in [6.45, 7) is 0. The van der Waals surface area contributed by atoms with Gasteiger partial charge in [-0.05, 0) is 46.8 Å². The Bertz CT molecular complexity index is 417. The van der Waals surface area contributed by atoms with Gasteiger partial charge in [-0.1, -0.05) is 25.0 Å². The third-order valence-electron chi connectivity index (χ3n) is 3.43. The Balaban J connectivity index is 2.13. The van der Waals surface area contributed by atoms with Crippen LogP contribution in [0.15, 0.2) is 22.7 Å². The average Bonchev–Trinajstić information content (AvgIpc) is 2.51. The SMILES string of the molecule is O=C1CCCCCC1Cc1cccc(F)c1Br. The van der Waals surface area contributed by atoms with Gasteiger partial charge in [0.05, 0.1) is 4.47 Å². The van der Waals surface area contributed by atoms with Gasteiger partial charge in [-0.25, -0.2) is 4.39 Å². The molecule has 1 atom stereocenters. The molecule has 1 fully saturated rings. The zero-order valence-electron chi connectivity index (χ0n) is 9.72. The fourth-order valence-electron chi connectivity index (χ4n) is 2.42. The molecule has 2 rings (SSSR count). The van der Waals surface area contributed by atoms with E-state index in [-0.39, 0.29) is 11.7 Å². The van der Waals surface area contributed by atoms with Crippen molar-refractivity contribution in [1.82, 2.24) is 0 Å². The standard InChI is InChI=1S/C14H16BrFO/c15-14-11(6-4-7-12(14)16)9-10-5-2-1-3-8-13(10)17/h4,6-7,10H,1-3,5,8-9H2. The summed E-state index contributed by atoms with van der Waals surface area (Å²) in [6, 6.07) is 5.03. The zero-order valence-corrected chi connectivity index (χ0v) is 11.3. The first-order chi connectivity index (χ1) is 8.18. The lowest BCUT2D eigenvalue weighted by molar-refractivity contribution is -0.122. The normalized spacial score (nSPS) is 21.3. The first-order valence-electron chi connectivity index (χ1n) is 6.14. The van der Waals surface area contributed by atoms with E-state index in [9.17, 15) is 9.18 Å². The molecule has 17 heavy (non-hydrogen) atoms. The highest BCUT2D eigenvalue weighted by molar-refractivity contribution is 9.10. The summed E-state index contributed by atoms with van der Waals surface area (Å²) in [7, 11) is 0. The van der Waals surface area contributed by atoms with E-state index in [0.717, 1.165) is 31.2 Å². The molecule has 0 bridgehead atoms. The summed E-state index contributed by atoms with van der Waals surface area (Å²) in [6.07, 6.45) is 5.58. The molecular weight excluding hydrogens is 283 g/mol. The van der Waals surface area contributed by atoms with E-state index in [0.29, 0.717) is 23.1 Å². The predicted molar refractivity (Wildman–Crippen MR) is 69.4 cm³/mol. The van der Waals surface area contributed by atoms with Crippen LogP contribution in [0.25, 0.3) is 0 Å². The van der Waals surface area contributed by atoms with Crippen LogP contribution in [-0.2, 0) is 11.2 Å². The second-order valence-corrected chi connectivity index (χ2v) is 5.47. The van der Waals surface area contributed by atoms with Crippen LogP contribution in [0.1, 0.15) is 37.7 Å². The fourth-order valence-corrected chi connectivity index (χ4v) is 2.85. The zero-order chi connectivity index (χ0) is 12.3. The second-order valence-electron chi connectivity index (χ2n) is 4.68. The van der Waals surface area contributed by atoms with Crippen LogP contribution in [0.5, 0.6) is 0 Å². The molecule has 0 saturated heterocycles. The molecule has 92 valence electrons. The number of hydrogen-bond acceptors (Lipinski definition) is 1. The van der Waals surface area contributed by atoms with Crippen LogP contribution in [0.4, 0.5) is 4.39 Å². The van der Waals surface area contributed by atoms with E-state index in [1.165, 1.54) is 6.07 Å². The highest BCUT2D eigenvalue weighted by Crippen LogP contribution is 2.28. The van der Waals surface area contributed by atoms with Crippen LogP contribution in [0.3, 0.4) is 0 Å². The monoisotopic (exact) mass is 298 g/mol. The van der Waals surface area contributed by atoms with Gasteiger partial charge in [0.2, 0.25) is 0 Å². The smallest absolute Gasteiger partial charge is 0.137 e. The number of Topliss-reactive ketones (excluding diaryl/α,β-unsaturated/α-hetero) is 1. The molecular formula is C14H16BrFO. The van der Waals surface area contributed by atoms with Gasteiger partial charge in [0, 0.05) is 12.3 Å². The van der Waals surface area contributed by atoms with Crippen molar-refractivity contribution < 1.29 is 9.18 Å². The van der Waals surface area contributed by atoms with Crippen LogP contribution in [0.2, 0.25) is 0 Å². The number of hydrogen-bond donors (Lipinski definition) is 0. The number of rotatable bonds is 2. The molecule has 0 heterocycles. The summed E-state index contributed by atoms with van der Waals surface area (Å²) in [5, 5.41) is 0. The molecule has 1 saturated carbocycles. The Hall–Kier alpha value is -0.700.